The minimum Gasteiger partial charge on any atom is -0.496 e. The highest BCUT2D eigenvalue weighted by Crippen LogP contribution is 2.37. The summed E-state index contributed by atoms with van der Waals surface area (Å²) in [6, 6.07) is 7.85. The summed E-state index contributed by atoms with van der Waals surface area (Å²) in [6.07, 6.45) is 6.71. The maximum absolute atomic E-state index is 12.8. The molecule has 134 valence electrons. The Hall–Kier alpha value is -2.30. The van der Waals surface area contributed by atoms with Crippen molar-refractivity contribution < 1.29 is 9.53 Å². The predicted molar refractivity (Wildman–Crippen MR) is 99.8 cm³/mol. The number of carbonyl (C=O) groups is 1. The summed E-state index contributed by atoms with van der Waals surface area (Å²) < 4.78 is 7.26. The fourth-order valence-corrected chi connectivity index (χ4v) is 3.74. The van der Waals surface area contributed by atoms with E-state index in [0.29, 0.717) is 0 Å². The number of rotatable bonds is 4. The van der Waals surface area contributed by atoms with Gasteiger partial charge in [0.15, 0.2) is 0 Å². The standard InChI is InChI=1S/C20H27N3O2/c1-14-18(16-12-8-9-13-17(16)25-3)19(23(2)22-14)21-20(24)15-10-6-4-5-7-11-15/h8-9,12-13,15H,4-7,10-11H2,1-3H3,(H,21,24). The quantitative estimate of drug-likeness (QED) is 0.843. The van der Waals surface area contributed by atoms with Gasteiger partial charge in [0, 0.05) is 18.5 Å². The Morgan fingerprint density at radius 3 is 2.56 bits per heavy atom. The number of aromatic nitrogens is 2. The molecule has 1 N–H and O–H groups in total. The zero-order chi connectivity index (χ0) is 17.8. The van der Waals surface area contributed by atoms with Crippen molar-refractivity contribution in [2.45, 2.75) is 45.4 Å². The number of hydrogen-bond acceptors (Lipinski definition) is 3. The van der Waals surface area contributed by atoms with Crippen molar-refractivity contribution in [2.24, 2.45) is 13.0 Å². The molecule has 3 rings (SSSR count). The summed E-state index contributed by atoms with van der Waals surface area (Å²) in [6.45, 7) is 1.96. The second kappa shape index (κ2) is 7.72. The maximum atomic E-state index is 12.8. The average Bonchev–Trinajstić information content (AvgIpc) is 2.81. The molecule has 5 nitrogen and oxygen atoms in total. The fraction of sp³-hybridized carbons (Fsp3) is 0.500. The van der Waals surface area contributed by atoms with E-state index in [1.54, 1.807) is 11.8 Å². The lowest BCUT2D eigenvalue weighted by Gasteiger charge is -2.16. The molecule has 1 saturated carbocycles. The SMILES string of the molecule is COc1ccccc1-c1c(C)nn(C)c1NC(=O)C1CCCCCC1. The van der Waals surface area contributed by atoms with Crippen molar-refractivity contribution >= 4 is 11.7 Å². The van der Waals surface area contributed by atoms with E-state index >= 15 is 0 Å². The molecule has 1 aliphatic rings. The Morgan fingerprint density at radius 2 is 1.88 bits per heavy atom. The van der Waals surface area contributed by atoms with E-state index in [2.05, 4.69) is 10.4 Å². The number of ether oxygens (including phenoxy) is 1. The highest BCUT2D eigenvalue weighted by molar-refractivity contribution is 5.96. The number of anilines is 1. The van der Waals surface area contributed by atoms with E-state index < -0.39 is 0 Å². The number of amides is 1. The Kier molecular flexibility index (Phi) is 5.41. The van der Waals surface area contributed by atoms with Gasteiger partial charge in [-0.3, -0.25) is 9.48 Å². The van der Waals surface area contributed by atoms with Crippen LogP contribution in [0.25, 0.3) is 11.1 Å². The summed E-state index contributed by atoms with van der Waals surface area (Å²) in [4.78, 5) is 12.8. The number of para-hydroxylation sites is 1. The van der Waals surface area contributed by atoms with Crippen LogP contribution in [0.4, 0.5) is 5.82 Å². The summed E-state index contributed by atoms with van der Waals surface area (Å²) in [5, 5.41) is 7.68. The van der Waals surface area contributed by atoms with Crippen LogP contribution in [0.2, 0.25) is 0 Å². The molecular weight excluding hydrogens is 314 g/mol. The van der Waals surface area contributed by atoms with Crippen molar-refractivity contribution in [1.82, 2.24) is 9.78 Å². The fourth-order valence-electron chi connectivity index (χ4n) is 3.74. The van der Waals surface area contributed by atoms with Gasteiger partial charge < -0.3 is 10.1 Å². The molecule has 0 radical (unpaired) electrons. The van der Waals surface area contributed by atoms with E-state index in [4.69, 9.17) is 4.74 Å². The van der Waals surface area contributed by atoms with E-state index in [1.807, 2.05) is 38.2 Å². The number of benzene rings is 1. The van der Waals surface area contributed by atoms with Crippen LogP contribution in [-0.4, -0.2) is 22.8 Å². The van der Waals surface area contributed by atoms with Crippen LogP contribution in [0.5, 0.6) is 5.75 Å². The van der Waals surface area contributed by atoms with Crippen molar-refractivity contribution in [1.29, 1.82) is 0 Å². The van der Waals surface area contributed by atoms with Crippen LogP contribution in [0.3, 0.4) is 0 Å². The zero-order valence-electron chi connectivity index (χ0n) is 15.3. The molecule has 0 atom stereocenters. The first-order valence-electron chi connectivity index (χ1n) is 9.09. The molecule has 1 amide bonds. The molecule has 1 aromatic heterocycles. The van der Waals surface area contributed by atoms with E-state index in [1.165, 1.54) is 12.8 Å². The Labute approximate surface area is 149 Å². The van der Waals surface area contributed by atoms with Crippen molar-refractivity contribution in [3.05, 3.63) is 30.0 Å². The van der Waals surface area contributed by atoms with Crippen LogP contribution < -0.4 is 10.1 Å². The van der Waals surface area contributed by atoms with Gasteiger partial charge in [-0.2, -0.15) is 5.10 Å². The van der Waals surface area contributed by atoms with Gasteiger partial charge in [-0.1, -0.05) is 43.9 Å². The second-order valence-electron chi connectivity index (χ2n) is 6.81. The summed E-state index contributed by atoms with van der Waals surface area (Å²) in [5.41, 5.74) is 2.76. The van der Waals surface area contributed by atoms with Gasteiger partial charge in [0.2, 0.25) is 5.91 Å². The number of aryl methyl sites for hydroxylation is 2. The molecule has 5 heteroatoms. The van der Waals surface area contributed by atoms with Gasteiger partial charge in [0.05, 0.1) is 18.4 Å². The zero-order valence-corrected chi connectivity index (χ0v) is 15.3. The molecule has 2 aromatic rings. The van der Waals surface area contributed by atoms with Gasteiger partial charge in [-0.05, 0) is 25.8 Å². The number of methoxy groups -OCH3 is 1. The largest absolute Gasteiger partial charge is 0.496 e. The Balaban J connectivity index is 1.93. The van der Waals surface area contributed by atoms with E-state index in [0.717, 1.165) is 54.1 Å². The van der Waals surface area contributed by atoms with Crippen LogP contribution in [-0.2, 0) is 11.8 Å². The van der Waals surface area contributed by atoms with Crippen LogP contribution >= 0.6 is 0 Å². The molecular formula is C20H27N3O2. The molecule has 0 unspecified atom stereocenters. The topological polar surface area (TPSA) is 56.1 Å². The molecule has 1 aliphatic carbocycles. The van der Waals surface area contributed by atoms with Gasteiger partial charge in [-0.25, -0.2) is 0 Å². The minimum absolute atomic E-state index is 0.100. The third-order valence-corrected chi connectivity index (χ3v) is 5.07. The van der Waals surface area contributed by atoms with E-state index in [-0.39, 0.29) is 11.8 Å². The van der Waals surface area contributed by atoms with Crippen LogP contribution in [0.15, 0.2) is 24.3 Å². The summed E-state index contributed by atoms with van der Waals surface area (Å²) in [7, 11) is 3.53. The van der Waals surface area contributed by atoms with Crippen molar-refractivity contribution in [3.8, 4) is 16.9 Å². The molecule has 25 heavy (non-hydrogen) atoms. The van der Waals surface area contributed by atoms with Crippen LogP contribution in [0.1, 0.15) is 44.2 Å². The molecule has 0 bridgehead atoms. The van der Waals surface area contributed by atoms with Gasteiger partial charge in [0.1, 0.15) is 11.6 Å². The van der Waals surface area contributed by atoms with Gasteiger partial charge >= 0.3 is 0 Å². The Bertz CT molecular complexity index is 743. The number of nitrogens with one attached hydrogen (secondary N) is 1. The lowest BCUT2D eigenvalue weighted by molar-refractivity contribution is -0.120. The van der Waals surface area contributed by atoms with E-state index in [9.17, 15) is 4.79 Å². The summed E-state index contributed by atoms with van der Waals surface area (Å²) >= 11 is 0. The normalized spacial score (nSPS) is 15.6. The number of nitrogens with zero attached hydrogens (tertiary/aromatic N) is 2. The Morgan fingerprint density at radius 1 is 1.20 bits per heavy atom. The summed E-state index contributed by atoms with van der Waals surface area (Å²) in [5.74, 6) is 1.74. The molecule has 1 fully saturated rings. The first-order chi connectivity index (χ1) is 12.1. The molecule has 0 spiro atoms. The number of hydrogen-bond donors (Lipinski definition) is 1. The van der Waals surface area contributed by atoms with Gasteiger partial charge in [0.25, 0.3) is 0 Å². The maximum Gasteiger partial charge on any atom is 0.228 e. The average molecular weight is 341 g/mol. The lowest BCUT2D eigenvalue weighted by atomic mass is 9.99. The first-order valence-corrected chi connectivity index (χ1v) is 9.09. The van der Waals surface area contributed by atoms with Crippen LogP contribution in [0, 0.1) is 12.8 Å². The third-order valence-electron chi connectivity index (χ3n) is 5.07. The smallest absolute Gasteiger partial charge is 0.228 e. The third kappa shape index (κ3) is 3.70. The molecule has 1 aromatic carbocycles. The number of carbonyl (C=O) groups excluding carboxylic acids is 1. The van der Waals surface area contributed by atoms with Crippen molar-refractivity contribution in [2.75, 3.05) is 12.4 Å². The van der Waals surface area contributed by atoms with Gasteiger partial charge in [-0.15, -0.1) is 0 Å². The highest BCUT2D eigenvalue weighted by Gasteiger charge is 2.24. The molecule has 0 aliphatic heterocycles. The first kappa shape index (κ1) is 17.5. The predicted octanol–water partition coefficient (Wildman–Crippen LogP) is 4.31. The second-order valence-corrected chi connectivity index (χ2v) is 6.81. The van der Waals surface area contributed by atoms with Crippen molar-refractivity contribution in [3.63, 3.8) is 0 Å². The molecule has 0 saturated heterocycles. The lowest BCUT2D eigenvalue weighted by Crippen LogP contribution is -2.24. The monoisotopic (exact) mass is 341 g/mol. The minimum atomic E-state index is 0.100. The molecule has 1 heterocycles. The highest BCUT2D eigenvalue weighted by atomic mass is 16.5.